The fourth-order valence-corrected chi connectivity index (χ4v) is 1.77. The average molecular weight is 211 g/mol. The highest BCUT2D eigenvalue weighted by Gasteiger charge is 2.21. The maximum absolute atomic E-state index is 5.75. The van der Waals surface area contributed by atoms with Gasteiger partial charge < -0.3 is 14.6 Å². The number of hydrogen-bond acceptors (Lipinski definition) is 5. The molecule has 2 rings (SSSR count). The minimum absolute atomic E-state index is 0.262. The molecule has 5 nitrogen and oxygen atoms in total. The topological polar surface area (TPSA) is 60.2 Å². The summed E-state index contributed by atoms with van der Waals surface area (Å²) in [4.78, 5) is 4.10. The summed E-state index contributed by atoms with van der Waals surface area (Å²) >= 11 is 0. The zero-order chi connectivity index (χ0) is 10.7. The standard InChI is InChI=1S/C10H17N3O2/c1-7-3-4-11-5-9(7)14-6-10-12-8(2)15-13-10/h7,9,11H,3-6H2,1-2H3. The lowest BCUT2D eigenvalue weighted by molar-refractivity contribution is -0.0101. The summed E-state index contributed by atoms with van der Waals surface area (Å²) in [5, 5.41) is 7.11. The van der Waals surface area contributed by atoms with Gasteiger partial charge in [-0.3, -0.25) is 0 Å². The summed E-state index contributed by atoms with van der Waals surface area (Å²) in [6.07, 6.45) is 1.42. The van der Waals surface area contributed by atoms with Crippen molar-refractivity contribution in [2.24, 2.45) is 5.92 Å². The summed E-state index contributed by atoms with van der Waals surface area (Å²) in [6.45, 7) is 6.43. The van der Waals surface area contributed by atoms with E-state index >= 15 is 0 Å². The van der Waals surface area contributed by atoms with Gasteiger partial charge in [0.1, 0.15) is 6.61 Å². The van der Waals surface area contributed by atoms with Crippen LogP contribution in [0, 0.1) is 12.8 Å². The summed E-state index contributed by atoms with van der Waals surface area (Å²) in [5.74, 6) is 1.81. The molecule has 2 atom stereocenters. The van der Waals surface area contributed by atoms with Gasteiger partial charge in [-0.2, -0.15) is 4.98 Å². The lowest BCUT2D eigenvalue weighted by Crippen LogP contribution is -2.41. The average Bonchev–Trinajstić information content (AvgIpc) is 2.63. The van der Waals surface area contributed by atoms with Crippen LogP contribution in [0.3, 0.4) is 0 Å². The van der Waals surface area contributed by atoms with E-state index in [9.17, 15) is 0 Å². The second-order valence-electron chi connectivity index (χ2n) is 4.05. The minimum Gasteiger partial charge on any atom is -0.368 e. The molecule has 0 spiro atoms. The number of rotatable bonds is 3. The van der Waals surface area contributed by atoms with E-state index in [1.165, 1.54) is 0 Å². The van der Waals surface area contributed by atoms with Crippen LogP contribution >= 0.6 is 0 Å². The number of ether oxygens (including phenoxy) is 1. The van der Waals surface area contributed by atoms with Gasteiger partial charge in [-0.1, -0.05) is 12.1 Å². The Morgan fingerprint density at radius 1 is 1.60 bits per heavy atom. The molecule has 0 saturated carbocycles. The van der Waals surface area contributed by atoms with Crippen molar-refractivity contribution in [1.29, 1.82) is 0 Å². The zero-order valence-corrected chi connectivity index (χ0v) is 9.19. The largest absolute Gasteiger partial charge is 0.368 e. The molecule has 84 valence electrons. The van der Waals surface area contributed by atoms with Crippen molar-refractivity contribution < 1.29 is 9.26 Å². The van der Waals surface area contributed by atoms with Crippen molar-refractivity contribution in [2.75, 3.05) is 13.1 Å². The molecular weight excluding hydrogens is 194 g/mol. The molecule has 1 aliphatic heterocycles. The Bertz CT molecular complexity index is 313. The highest BCUT2D eigenvalue weighted by molar-refractivity contribution is 4.82. The van der Waals surface area contributed by atoms with E-state index in [1.54, 1.807) is 6.92 Å². The molecule has 0 radical (unpaired) electrons. The van der Waals surface area contributed by atoms with E-state index in [0.717, 1.165) is 19.5 Å². The number of aryl methyl sites for hydroxylation is 1. The molecular formula is C10H17N3O2. The van der Waals surface area contributed by atoms with Gasteiger partial charge in [0.15, 0.2) is 5.82 Å². The minimum atomic E-state index is 0.262. The second-order valence-corrected chi connectivity index (χ2v) is 4.05. The predicted octanol–water partition coefficient (Wildman–Crippen LogP) is 0.893. The second kappa shape index (κ2) is 4.72. The Balaban J connectivity index is 1.81. The molecule has 1 aliphatic rings. The molecule has 2 unspecified atom stereocenters. The van der Waals surface area contributed by atoms with E-state index < -0.39 is 0 Å². The summed E-state index contributed by atoms with van der Waals surface area (Å²) < 4.78 is 10.6. The van der Waals surface area contributed by atoms with Gasteiger partial charge in [0, 0.05) is 13.5 Å². The van der Waals surface area contributed by atoms with Gasteiger partial charge in [-0.05, 0) is 18.9 Å². The normalized spacial score (nSPS) is 26.8. The maximum Gasteiger partial charge on any atom is 0.223 e. The molecule has 1 aromatic rings. The van der Waals surface area contributed by atoms with Gasteiger partial charge in [0.2, 0.25) is 5.89 Å². The van der Waals surface area contributed by atoms with E-state index in [-0.39, 0.29) is 6.10 Å². The van der Waals surface area contributed by atoms with Crippen LogP contribution in [-0.2, 0) is 11.3 Å². The van der Waals surface area contributed by atoms with E-state index in [4.69, 9.17) is 9.26 Å². The molecule has 0 aliphatic carbocycles. The summed E-state index contributed by atoms with van der Waals surface area (Å²) in [7, 11) is 0. The van der Waals surface area contributed by atoms with Crippen molar-refractivity contribution in [1.82, 2.24) is 15.5 Å². The third kappa shape index (κ3) is 2.76. The Morgan fingerprint density at radius 3 is 3.13 bits per heavy atom. The van der Waals surface area contributed by atoms with Crippen LogP contribution in [0.4, 0.5) is 0 Å². The van der Waals surface area contributed by atoms with Gasteiger partial charge in [-0.15, -0.1) is 0 Å². The molecule has 1 N–H and O–H groups in total. The fraction of sp³-hybridized carbons (Fsp3) is 0.800. The van der Waals surface area contributed by atoms with Crippen molar-refractivity contribution in [3.63, 3.8) is 0 Å². The first kappa shape index (κ1) is 10.6. The van der Waals surface area contributed by atoms with Crippen molar-refractivity contribution in [2.45, 2.75) is 33.0 Å². The highest BCUT2D eigenvalue weighted by atomic mass is 16.5. The first-order valence-corrected chi connectivity index (χ1v) is 5.37. The quantitative estimate of drug-likeness (QED) is 0.804. The number of nitrogens with zero attached hydrogens (tertiary/aromatic N) is 2. The first-order chi connectivity index (χ1) is 7.25. The molecule has 2 heterocycles. The van der Waals surface area contributed by atoms with Crippen LogP contribution in [0.15, 0.2) is 4.52 Å². The third-order valence-corrected chi connectivity index (χ3v) is 2.75. The Hall–Kier alpha value is -0.940. The Kier molecular flexibility index (Phi) is 3.33. The van der Waals surface area contributed by atoms with Gasteiger partial charge in [0.05, 0.1) is 6.10 Å². The summed E-state index contributed by atoms with van der Waals surface area (Å²) in [5.41, 5.74) is 0. The molecule has 5 heteroatoms. The molecule has 1 aromatic heterocycles. The first-order valence-electron chi connectivity index (χ1n) is 5.37. The molecule has 0 bridgehead atoms. The van der Waals surface area contributed by atoms with Crippen molar-refractivity contribution in [3.8, 4) is 0 Å². The highest BCUT2D eigenvalue weighted by Crippen LogP contribution is 2.15. The monoisotopic (exact) mass is 211 g/mol. The van der Waals surface area contributed by atoms with Crippen molar-refractivity contribution >= 4 is 0 Å². The lowest BCUT2D eigenvalue weighted by Gasteiger charge is -2.28. The Morgan fingerprint density at radius 2 is 2.47 bits per heavy atom. The van der Waals surface area contributed by atoms with Crippen LogP contribution in [0.25, 0.3) is 0 Å². The van der Waals surface area contributed by atoms with E-state index in [0.29, 0.717) is 24.2 Å². The fourth-order valence-electron chi connectivity index (χ4n) is 1.77. The molecule has 1 saturated heterocycles. The predicted molar refractivity (Wildman–Crippen MR) is 54.3 cm³/mol. The van der Waals surface area contributed by atoms with Crippen molar-refractivity contribution in [3.05, 3.63) is 11.7 Å². The number of aromatic nitrogens is 2. The van der Waals surface area contributed by atoms with Crippen LogP contribution < -0.4 is 5.32 Å². The number of hydrogen-bond donors (Lipinski definition) is 1. The van der Waals surface area contributed by atoms with Gasteiger partial charge >= 0.3 is 0 Å². The lowest BCUT2D eigenvalue weighted by atomic mass is 9.97. The van der Waals surface area contributed by atoms with Gasteiger partial charge in [0.25, 0.3) is 0 Å². The smallest absolute Gasteiger partial charge is 0.223 e. The molecule has 0 aromatic carbocycles. The SMILES string of the molecule is Cc1nc(COC2CNCCC2C)no1. The molecule has 1 fully saturated rings. The van der Waals surface area contributed by atoms with Crippen LogP contribution in [-0.4, -0.2) is 29.3 Å². The Labute approximate surface area is 89.2 Å². The molecule has 0 amide bonds. The van der Waals surface area contributed by atoms with E-state index in [1.807, 2.05) is 0 Å². The van der Waals surface area contributed by atoms with E-state index in [2.05, 4.69) is 22.4 Å². The molecule has 15 heavy (non-hydrogen) atoms. The van der Waals surface area contributed by atoms with Crippen LogP contribution in [0.2, 0.25) is 0 Å². The van der Waals surface area contributed by atoms with Gasteiger partial charge in [-0.25, -0.2) is 0 Å². The van der Waals surface area contributed by atoms with Crippen LogP contribution in [0.1, 0.15) is 25.1 Å². The van der Waals surface area contributed by atoms with Crippen LogP contribution in [0.5, 0.6) is 0 Å². The summed E-state index contributed by atoms with van der Waals surface area (Å²) in [6, 6.07) is 0. The zero-order valence-electron chi connectivity index (χ0n) is 9.19. The third-order valence-electron chi connectivity index (χ3n) is 2.75. The maximum atomic E-state index is 5.75. The number of piperidine rings is 1. The number of nitrogens with one attached hydrogen (secondary N) is 1.